The molecule has 3 rings (SSSR count). The van der Waals surface area contributed by atoms with Crippen molar-refractivity contribution in [3.8, 4) is 11.6 Å². The monoisotopic (exact) mass is 338 g/mol. The molecule has 0 saturated carbocycles. The quantitative estimate of drug-likeness (QED) is 0.500. The predicted octanol–water partition coefficient (Wildman–Crippen LogP) is 2.33. The minimum absolute atomic E-state index is 0.159. The maximum atomic E-state index is 13.3. The summed E-state index contributed by atoms with van der Waals surface area (Å²) in [5.41, 5.74) is 2.78. The fourth-order valence-corrected chi connectivity index (χ4v) is 2.09. The van der Waals surface area contributed by atoms with E-state index in [0.29, 0.717) is 21.3 Å². The van der Waals surface area contributed by atoms with Gasteiger partial charge in [0.2, 0.25) is 11.8 Å². The number of fused-ring (bicyclic) bond motifs is 1. The Bertz CT molecular complexity index is 756. The third kappa shape index (κ3) is 2.40. The summed E-state index contributed by atoms with van der Waals surface area (Å²) in [5, 5.41) is 7.10. The van der Waals surface area contributed by atoms with Crippen molar-refractivity contribution < 1.29 is 9.13 Å². The number of benzene rings is 1. The van der Waals surface area contributed by atoms with Gasteiger partial charge in [0, 0.05) is 10.5 Å². The maximum absolute atomic E-state index is 13.3. The smallest absolute Gasteiger partial charge is 0.242 e. The summed E-state index contributed by atoms with van der Waals surface area (Å²) in [7, 11) is 0. The molecule has 0 aliphatic heterocycles. The average Bonchev–Trinajstić information content (AvgIpc) is 2.85. The van der Waals surface area contributed by atoms with Gasteiger partial charge < -0.3 is 4.74 Å². The van der Waals surface area contributed by atoms with E-state index < -0.39 is 5.82 Å². The van der Waals surface area contributed by atoms with Crippen molar-refractivity contribution in [2.75, 3.05) is 5.43 Å². The number of nitrogens with zero attached hydrogens (tertiary/aromatic N) is 3. The lowest BCUT2D eigenvalue weighted by Gasteiger charge is -2.07. The summed E-state index contributed by atoms with van der Waals surface area (Å²) in [5.74, 6) is 5.53. The van der Waals surface area contributed by atoms with Gasteiger partial charge in [-0.1, -0.05) is 15.9 Å². The highest BCUT2D eigenvalue weighted by Gasteiger charge is 2.12. The SMILES string of the molecule is NNc1nc(Oc2cc(F)cc(Br)c2)c2cn[nH]c2n1. The lowest BCUT2D eigenvalue weighted by Crippen LogP contribution is -2.10. The highest BCUT2D eigenvalue weighted by molar-refractivity contribution is 9.10. The number of rotatable bonds is 3. The van der Waals surface area contributed by atoms with E-state index in [9.17, 15) is 4.39 Å². The van der Waals surface area contributed by atoms with Crippen molar-refractivity contribution in [2.45, 2.75) is 0 Å². The van der Waals surface area contributed by atoms with Crippen molar-refractivity contribution in [2.24, 2.45) is 5.84 Å². The lowest BCUT2D eigenvalue weighted by atomic mass is 10.3. The van der Waals surface area contributed by atoms with E-state index in [2.05, 4.69) is 41.5 Å². The van der Waals surface area contributed by atoms with E-state index in [4.69, 9.17) is 10.6 Å². The maximum Gasteiger partial charge on any atom is 0.242 e. The molecule has 0 aliphatic carbocycles. The van der Waals surface area contributed by atoms with Gasteiger partial charge in [-0.25, -0.2) is 10.2 Å². The summed E-state index contributed by atoms with van der Waals surface area (Å²) < 4.78 is 19.5. The number of halogens is 2. The Morgan fingerprint density at radius 1 is 1.30 bits per heavy atom. The molecule has 2 heterocycles. The highest BCUT2D eigenvalue weighted by atomic mass is 79.9. The van der Waals surface area contributed by atoms with Gasteiger partial charge >= 0.3 is 0 Å². The molecule has 0 saturated heterocycles. The summed E-state index contributed by atoms with van der Waals surface area (Å²) in [6.45, 7) is 0. The molecule has 0 atom stereocenters. The van der Waals surface area contributed by atoms with Gasteiger partial charge in [0.15, 0.2) is 5.65 Å². The molecule has 3 aromatic rings. The zero-order valence-electron chi connectivity index (χ0n) is 9.89. The van der Waals surface area contributed by atoms with Crippen LogP contribution in [-0.2, 0) is 0 Å². The molecule has 0 bridgehead atoms. The molecular weight excluding hydrogens is 331 g/mol. The van der Waals surface area contributed by atoms with Crippen LogP contribution in [0.3, 0.4) is 0 Å². The summed E-state index contributed by atoms with van der Waals surface area (Å²) in [4.78, 5) is 8.14. The van der Waals surface area contributed by atoms with Crippen LogP contribution in [0.15, 0.2) is 28.9 Å². The molecule has 4 N–H and O–H groups in total. The first-order chi connectivity index (χ1) is 9.65. The van der Waals surface area contributed by atoms with Crippen LogP contribution in [0.4, 0.5) is 10.3 Å². The van der Waals surface area contributed by atoms with Crippen LogP contribution in [0, 0.1) is 5.82 Å². The lowest BCUT2D eigenvalue weighted by molar-refractivity contribution is 0.463. The molecule has 0 aliphatic rings. The number of hydrogen-bond donors (Lipinski definition) is 3. The van der Waals surface area contributed by atoms with Crippen LogP contribution in [0.25, 0.3) is 11.0 Å². The van der Waals surface area contributed by atoms with Gasteiger partial charge in [-0.3, -0.25) is 10.5 Å². The first kappa shape index (κ1) is 12.8. The first-order valence-corrected chi connectivity index (χ1v) is 6.26. The number of H-pyrrole nitrogens is 1. The molecular formula is C11H8BrFN6O. The molecule has 0 unspecified atom stereocenters. The second kappa shape index (κ2) is 5.02. The number of anilines is 1. The van der Waals surface area contributed by atoms with Crippen LogP contribution in [-0.4, -0.2) is 20.2 Å². The Balaban J connectivity index is 2.07. The minimum Gasteiger partial charge on any atom is -0.438 e. The van der Waals surface area contributed by atoms with Gasteiger partial charge in [0.25, 0.3) is 0 Å². The van der Waals surface area contributed by atoms with Crippen LogP contribution in [0.2, 0.25) is 0 Å². The van der Waals surface area contributed by atoms with E-state index in [-0.39, 0.29) is 11.8 Å². The van der Waals surface area contributed by atoms with Gasteiger partial charge in [0.1, 0.15) is 17.0 Å². The van der Waals surface area contributed by atoms with Gasteiger partial charge in [-0.05, 0) is 12.1 Å². The number of hydrazine groups is 1. The third-order valence-electron chi connectivity index (χ3n) is 2.45. The molecule has 1 aromatic carbocycles. The summed E-state index contributed by atoms with van der Waals surface area (Å²) in [6, 6.07) is 4.19. The van der Waals surface area contributed by atoms with Crippen molar-refractivity contribution in [1.29, 1.82) is 0 Å². The molecule has 9 heteroatoms. The minimum atomic E-state index is -0.427. The number of hydrogen-bond acceptors (Lipinski definition) is 6. The zero-order valence-corrected chi connectivity index (χ0v) is 11.5. The number of nitrogens with two attached hydrogens (primary N) is 1. The van der Waals surface area contributed by atoms with Crippen molar-refractivity contribution >= 4 is 32.9 Å². The molecule has 20 heavy (non-hydrogen) atoms. The van der Waals surface area contributed by atoms with E-state index in [1.165, 1.54) is 18.3 Å². The Hall–Kier alpha value is -2.26. The van der Waals surface area contributed by atoms with Crippen molar-refractivity contribution in [1.82, 2.24) is 20.2 Å². The van der Waals surface area contributed by atoms with Crippen molar-refractivity contribution in [3.63, 3.8) is 0 Å². The molecule has 0 radical (unpaired) electrons. The Labute approximate surface area is 120 Å². The highest BCUT2D eigenvalue weighted by Crippen LogP contribution is 2.29. The Morgan fingerprint density at radius 3 is 2.90 bits per heavy atom. The molecule has 102 valence electrons. The number of nitrogen functional groups attached to an aromatic ring is 1. The largest absolute Gasteiger partial charge is 0.438 e. The normalized spacial score (nSPS) is 10.8. The summed E-state index contributed by atoms with van der Waals surface area (Å²) >= 11 is 3.19. The predicted molar refractivity (Wildman–Crippen MR) is 73.7 cm³/mol. The van der Waals surface area contributed by atoms with Crippen LogP contribution in [0.5, 0.6) is 11.6 Å². The van der Waals surface area contributed by atoms with E-state index >= 15 is 0 Å². The van der Waals surface area contributed by atoms with Crippen LogP contribution >= 0.6 is 15.9 Å². The fraction of sp³-hybridized carbons (Fsp3) is 0. The topological polar surface area (TPSA) is 102 Å². The van der Waals surface area contributed by atoms with Crippen molar-refractivity contribution in [3.05, 3.63) is 34.7 Å². The Morgan fingerprint density at radius 2 is 2.15 bits per heavy atom. The molecule has 0 spiro atoms. The number of aromatic nitrogens is 4. The molecule has 2 aromatic heterocycles. The van der Waals surface area contributed by atoms with Crippen LogP contribution in [0.1, 0.15) is 0 Å². The average molecular weight is 339 g/mol. The molecule has 7 nitrogen and oxygen atoms in total. The van der Waals surface area contributed by atoms with Gasteiger partial charge in [-0.2, -0.15) is 15.1 Å². The fourth-order valence-electron chi connectivity index (χ4n) is 1.65. The van der Waals surface area contributed by atoms with Gasteiger partial charge in [-0.15, -0.1) is 0 Å². The second-order valence-corrected chi connectivity index (χ2v) is 4.75. The van der Waals surface area contributed by atoms with E-state index in [1.54, 1.807) is 6.07 Å². The Kier molecular flexibility index (Phi) is 3.20. The molecule has 0 fully saturated rings. The zero-order chi connectivity index (χ0) is 14.1. The van der Waals surface area contributed by atoms with Gasteiger partial charge in [0.05, 0.1) is 6.20 Å². The molecule has 0 amide bonds. The van der Waals surface area contributed by atoms with E-state index in [0.717, 1.165) is 0 Å². The van der Waals surface area contributed by atoms with Crippen LogP contribution < -0.4 is 16.0 Å². The third-order valence-corrected chi connectivity index (χ3v) is 2.91. The second-order valence-electron chi connectivity index (χ2n) is 3.84. The summed E-state index contributed by atoms with van der Waals surface area (Å²) in [6.07, 6.45) is 1.51. The number of ether oxygens (including phenoxy) is 1. The number of nitrogens with one attached hydrogen (secondary N) is 2. The number of aromatic amines is 1. The first-order valence-electron chi connectivity index (χ1n) is 5.47. The van der Waals surface area contributed by atoms with E-state index in [1.807, 2.05) is 0 Å². The standard InChI is InChI=1S/C11H8BrFN6O/c12-5-1-6(13)3-7(2-5)20-10-8-4-15-19-9(8)16-11(17-10)18-14/h1-4H,14H2,(H2,15,16,17,18,19).